The van der Waals surface area contributed by atoms with Crippen LogP contribution in [0.4, 0.5) is 28.0 Å². The van der Waals surface area contributed by atoms with E-state index in [9.17, 15) is 22.4 Å². The molecule has 1 aliphatic heterocycles. The zero-order chi connectivity index (χ0) is 21.5. The lowest BCUT2D eigenvalue weighted by Crippen LogP contribution is -2.42. The second-order valence-electron chi connectivity index (χ2n) is 7.26. The summed E-state index contributed by atoms with van der Waals surface area (Å²) in [7, 11) is 0. The smallest absolute Gasteiger partial charge is 0.324 e. The zero-order valence-electron chi connectivity index (χ0n) is 16.1. The van der Waals surface area contributed by atoms with Crippen molar-refractivity contribution in [2.24, 2.45) is 0 Å². The molecule has 0 aliphatic carbocycles. The normalized spacial score (nSPS) is 15.6. The van der Waals surface area contributed by atoms with Crippen molar-refractivity contribution in [3.63, 3.8) is 0 Å². The van der Waals surface area contributed by atoms with Crippen molar-refractivity contribution in [3.05, 3.63) is 53.7 Å². The van der Waals surface area contributed by atoms with Crippen molar-refractivity contribution >= 4 is 22.9 Å². The number of aryl methyl sites for hydroxylation is 1. The molecule has 1 aromatic carbocycles. The van der Waals surface area contributed by atoms with Crippen molar-refractivity contribution in [1.29, 1.82) is 0 Å². The first kappa shape index (κ1) is 20.1. The van der Waals surface area contributed by atoms with Crippen LogP contribution in [0.5, 0.6) is 0 Å². The number of benzene rings is 1. The van der Waals surface area contributed by atoms with Gasteiger partial charge in [-0.3, -0.25) is 0 Å². The molecule has 1 aliphatic rings. The van der Waals surface area contributed by atoms with Gasteiger partial charge in [-0.25, -0.2) is 19.2 Å². The van der Waals surface area contributed by atoms with Gasteiger partial charge < -0.3 is 14.8 Å². The van der Waals surface area contributed by atoms with Crippen molar-refractivity contribution in [3.8, 4) is 0 Å². The maximum Gasteiger partial charge on any atom is 0.449 e. The Hall–Kier alpha value is -3.17. The van der Waals surface area contributed by atoms with Crippen LogP contribution in [0.1, 0.15) is 30.3 Å². The Kier molecular flexibility index (Phi) is 5.08. The summed E-state index contributed by atoms with van der Waals surface area (Å²) in [6, 6.07) is 6.54. The number of hydrogen-bond donors (Lipinski definition) is 1. The SMILES string of the molecule is Cc1ccc(NC(=O)N2CCC(n3c(C(F)(F)F)nc4cccnc43)CC2)cc1F. The zero-order valence-corrected chi connectivity index (χ0v) is 16.1. The standard InChI is InChI=1S/C20H19F4N5O/c1-12-4-5-13(11-15(12)21)26-19(30)28-9-6-14(7-10-28)29-17-16(3-2-8-25-17)27-18(29)20(22,23)24/h2-5,8,11,14H,6-7,9-10H2,1H3,(H,26,30). The van der Waals surface area contributed by atoms with Gasteiger partial charge in [0.1, 0.15) is 11.3 Å². The summed E-state index contributed by atoms with van der Waals surface area (Å²) in [5, 5.41) is 2.63. The van der Waals surface area contributed by atoms with Gasteiger partial charge in [0.25, 0.3) is 0 Å². The number of carbonyl (C=O) groups excluding carboxylic acids is 1. The molecule has 3 heterocycles. The van der Waals surface area contributed by atoms with Crippen molar-refractivity contribution in [2.45, 2.75) is 32.0 Å². The predicted octanol–water partition coefficient (Wildman–Crippen LogP) is 4.77. The number of nitrogens with one attached hydrogen (secondary N) is 1. The molecule has 6 nitrogen and oxygen atoms in total. The quantitative estimate of drug-likeness (QED) is 0.607. The van der Waals surface area contributed by atoms with Gasteiger partial charge in [-0.15, -0.1) is 0 Å². The molecule has 0 radical (unpaired) electrons. The summed E-state index contributed by atoms with van der Waals surface area (Å²) in [5.74, 6) is -1.40. The van der Waals surface area contributed by atoms with E-state index in [1.165, 1.54) is 23.2 Å². The van der Waals surface area contributed by atoms with Crippen LogP contribution in [0.25, 0.3) is 11.2 Å². The van der Waals surface area contributed by atoms with Gasteiger partial charge >= 0.3 is 12.2 Å². The van der Waals surface area contributed by atoms with Crippen LogP contribution >= 0.6 is 0 Å². The molecule has 4 rings (SSSR count). The number of fused-ring (bicyclic) bond motifs is 1. The Labute approximate surface area is 169 Å². The molecule has 10 heteroatoms. The van der Waals surface area contributed by atoms with E-state index >= 15 is 0 Å². The number of carbonyl (C=O) groups is 1. The van der Waals surface area contributed by atoms with Crippen molar-refractivity contribution in [2.75, 3.05) is 18.4 Å². The highest BCUT2D eigenvalue weighted by molar-refractivity contribution is 5.89. The summed E-state index contributed by atoms with van der Waals surface area (Å²) in [5.41, 5.74) is 1.17. The number of likely N-dealkylation sites (tertiary alicyclic amines) is 1. The fourth-order valence-electron chi connectivity index (χ4n) is 3.68. The monoisotopic (exact) mass is 421 g/mol. The fraction of sp³-hybridized carbons (Fsp3) is 0.350. The molecule has 3 aromatic rings. The molecule has 1 saturated heterocycles. The average Bonchev–Trinajstić information content (AvgIpc) is 3.11. The number of rotatable bonds is 2. The molecule has 0 atom stereocenters. The van der Waals surface area contributed by atoms with Gasteiger partial charge in [-0.05, 0) is 49.6 Å². The molecule has 1 fully saturated rings. The third kappa shape index (κ3) is 3.81. The van der Waals surface area contributed by atoms with E-state index in [2.05, 4.69) is 15.3 Å². The van der Waals surface area contributed by atoms with Gasteiger partial charge in [0, 0.05) is 31.0 Å². The van der Waals surface area contributed by atoms with E-state index in [4.69, 9.17) is 0 Å². The van der Waals surface area contributed by atoms with Gasteiger partial charge in [-0.2, -0.15) is 13.2 Å². The summed E-state index contributed by atoms with van der Waals surface area (Å²) < 4.78 is 55.4. The highest BCUT2D eigenvalue weighted by Gasteiger charge is 2.40. The molecule has 0 spiro atoms. The van der Waals surface area contributed by atoms with E-state index in [0.717, 1.165) is 4.57 Å². The number of amides is 2. The number of nitrogens with zero attached hydrogens (tertiary/aromatic N) is 4. The largest absolute Gasteiger partial charge is 0.449 e. The molecular weight excluding hydrogens is 402 g/mol. The number of imidazole rings is 1. The van der Waals surface area contributed by atoms with Crippen LogP contribution in [0, 0.1) is 12.7 Å². The van der Waals surface area contributed by atoms with E-state index in [0.29, 0.717) is 24.1 Å². The maximum atomic E-state index is 13.7. The Morgan fingerprint density at radius 2 is 1.93 bits per heavy atom. The molecule has 0 saturated carbocycles. The first-order chi connectivity index (χ1) is 14.2. The third-order valence-corrected chi connectivity index (χ3v) is 5.24. The Morgan fingerprint density at radius 3 is 2.60 bits per heavy atom. The minimum absolute atomic E-state index is 0.183. The first-order valence-electron chi connectivity index (χ1n) is 9.46. The van der Waals surface area contributed by atoms with E-state index in [1.807, 2.05) is 0 Å². The molecule has 2 amide bonds. The molecule has 2 aromatic heterocycles. The van der Waals surface area contributed by atoms with E-state index < -0.39 is 29.9 Å². The number of pyridine rings is 1. The number of alkyl halides is 3. The van der Waals surface area contributed by atoms with Crippen LogP contribution < -0.4 is 5.32 Å². The Balaban J connectivity index is 1.49. The van der Waals surface area contributed by atoms with Crippen LogP contribution in [-0.4, -0.2) is 38.6 Å². The number of anilines is 1. The predicted molar refractivity (Wildman–Crippen MR) is 103 cm³/mol. The topological polar surface area (TPSA) is 63.1 Å². The van der Waals surface area contributed by atoms with Gasteiger partial charge in [0.15, 0.2) is 5.65 Å². The van der Waals surface area contributed by atoms with E-state index in [-0.39, 0.29) is 24.3 Å². The highest BCUT2D eigenvalue weighted by Crippen LogP contribution is 2.36. The second-order valence-corrected chi connectivity index (χ2v) is 7.26. The fourth-order valence-corrected chi connectivity index (χ4v) is 3.68. The third-order valence-electron chi connectivity index (χ3n) is 5.24. The number of piperidine rings is 1. The van der Waals surface area contributed by atoms with Gasteiger partial charge in [0.05, 0.1) is 0 Å². The van der Waals surface area contributed by atoms with Crippen LogP contribution in [0.2, 0.25) is 0 Å². The minimum atomic E-state index is -4.61. The van der Waals surface area contributed by atoms with Crippen LogP contribution in [0.15, 0.2) is 36.5 Å². The Morgan fingerprint density at radius 1 is 1.20 bits per heavy atom. The number of urea groups is 1. The average molecular weight is 421 g/mol. The van der Waals surface area contributed by atoms with Gasteiger partial charge in [0.2, 0.25) is 5.82 Å². The first-order valence-corrected chi connectivity index (χ1v) is 9.46. The minimum Gasteiger partial charge on any atom is -0.324 e. The summed E-state index contributed by atoms with van der Waals surface area (Å²) in [6.45, 7) is 2.14. The van der Waals surface area contributed by atoms with Crippen LogP contribution in [0.3, 0.4) is 0 Å². The number of aromatic nitrogens is 3. The van der Waals surface area contributed by atoms with Gasteiger partial charge in [-0.1, -0.05) is 6.07 Å². The lowest BCUT2D eigenvalue weighted by Gasteiger charge is -2.33. The molecule has 0 bridgehead atoms. The van der Waals surface area contributed by atoms with Crippen molar-refractivity contribution < 1.29 is 22.4 Å². The molecule has 30 heavy (non-hydrogen) atoms. The van der Waals surface area contributed by atoms with Crippen molar-refractivity contribution in [1.82, 2.24) is 19.4 Å². The van der Waals surface area contributed by atoms with Crippen LogP contribution in [-0.2, 0) is 6.18 Å². The molecule has 0 unspecified atom stereocenters. The summed E-state index contributed by atoms with van der Waals surface area (Å²) in [4.78, 5) is 21.8. The summed E-state index contributed by atoms with van der Waals surface area (Å²) >= 11 is 0. The molecular formula is C20H19F4N5O. The summed E-state index contributed by atoms with van der Waals surface area (Å²) in [6.07, 6.45) is -2.53. The molecule has 1 N–H and O–H groups in total. The molecule has 158 valence electrons. The second kappa shape index (κ2) is 7.58. The highest BCUT2D eigenvalue weighted by atomic mass is 19.4. The lowest BCUT2D eigenvalue weighted by atomic mass is 10.0. The maximum absolute atomic E-state index is 13.7. The van der Waals surface area contributed by atoms with E-state index in [1.54, 1.807) is 25.1 Å². The number of halogens is 4. The number of hydrogen-bond acceptors (Lipinski definition) is 3. The Bertz CT molecular complexity index is 1090. The lowest BCUT2D eigenvalue weighted by molar-refractivity contribution is -0.147.